The van der Waals surface area contributed by atoms with E-state index >= 15 is 0 Å². The third kappa shape index (κ3) is 1.39. The molecule has 48 valence electrons. The molecule has 0 aromatic carbocycles. The van der Waals surface area contributed by atoms with E-state index in [1.165, 1.54) is 6.42 Å². The Balaban J connectivity index is 2.28. The van der Waals surface area contributed by atoms with Crippen molar-refractivity contribution >= 4 is 12.6 Å². The summed E-state index contributed by atoms with van der Waals surface area (Å²) in [6.07, 6.45) is 1.23. The normalized spacial score (nSPS) is 39.8. The molecule has 0 aliphatic carbocycles. The highest BCUT2D eigenvalue weighted by molar-refractivity contribution is 7.81. The van der Waals surface area contributed by atoms with Gasteiger partial charge in [0.25, 0.3) is 0 Å². The number of thiol groups is 1. The predicted molar refractivity (Wildman–Crippen MR) is 39.4 cm³/mol. The lowest BCUT2D eigenvalue weighted by atomic mass is 10.0. The highest BCUT2D eigenvalue weighted by Crippen LogP contribution is 2.15. The van der Waals surface area contributed by atoms with E-state index < -0.39 is 0 Å². The van der Waals surface area contributed by atoms with Crippen LogP contribution in [0.1, 0.15) is 13.3 Å². The average molecular weight is 131 g/mol. The minimum absolute atomic E-state index is 0.635. The largest absolute Gasteiger partial charge is 0.316 e. The smallest absolute Gasteiger partial charge is 0.00666 e. The first kappa shape index (κ1) is 6.43. The zero-order valence-corrected chi connectivity index (χ0v) is 6.12. The number of hydrogen-bond acceptors (Lipinski definition) is 2. The van der Waals surface area contributed by atoms with Crippen molar-refractivity contribution in [3.05, 3.63) is 0 Å². The fourth-order valence-electron chi connectivity index (χ4n) is 1.00. The summed E-state index contributed by atoms with van der Waals surface area (Å²) >= 11 is 4.42. The summed E-state index contributed by atoms with van der Waals surface area (Å²) in [6.45, 7) is 4.54. The third-order valence-electron chi connectivity index (χ3n) is 1.74. The highest BCUT2D eigenvalue weighted by atomic mass is 32.1. The molecule has 2 heteroatoms. The second-order valence-corrected chi connectivity index (χ2v) is 3.20. The molecule has 0 bridgehead atoms. The van der Waals surface area contributed by atoms with E-state index in [0.717, 1.165) is 19.0 Å². The molecule has 1 nitrogen and oxygen atoms in total. The van der Waals surface area contributed by atoms with Crippen molar-refractivity contribution in [3.63, 3.8) is 0 Å². The van der Waals surface area contributed by atoms with Gasteiger partial charge in [0.1, 0.15) is 0 Å². The van der Waals surface area contributed by atoms with Crippen molar-refractivity contribution in [1.29, 1.82) is 0 Å². The minimum Gasteiger partial charge on any atom is -0.316 e. The highest BCUT2D eigenvalue weighted by Gasteiger charge is 2.15. The van der Waals surface area contributed by atoms with Crippen LogP contribution in [0.5, 0.6) is 0 Å². The second-order valence-electron chi connectivity index (χ2n) is 2.54. The lowest BCUT2D eigenvalue weighted by Crippen LogP contribution is -2.35. The maximum atomic E-state index is 4.42. The predicted octanol–water partition coefficient (Wildman–Crippen LogP) is 0.914. The number of piperidine rings is 1. The van der Waals surface area contributed by atoms with Crippen molar-refractivity contribution in [3.8, 4) is 0 Å². The molecule has 0 aromatic heterocycles. The molecular weight excluding hydrogens is 118 g/mol. The van der Waals surface area contributed by atoms with E-state index in [2.05, 4.69) is 24.9 Å². The summed E-state index contributed by atoms with van der Waals surface area (Å²) in [6, 6.07) is 0. The van der Waals surface area contributed by atoms with Crippen molar-refractivity contribution in [2.24, 2.45) is 5.92 Å². The first-order valence-electron chi connectivity index (χ1n) is 3.19. The maximum absolute atomic E-state index is 4.42. The standard InChI is InChI=1S/C6H13NS/c1-5-4-7-3-2-6(5)8/h5-8H,2-4H2,1H3/t5-,6-/m1/s1. The lowest BCUT2D eigenvalue weighted by Gasteiger charge is -2.24. The van der Waals surface area contributed by atoms with Crippen molar-refractivity contribution in [2.45, 2.75) is 18.6 Å². The van der Waals surface area contributed by atoms with E-state index in [9.17, 15) is 0 Å². The Kier molecular flexibility index (Phi) is 2.20. The van der Waals surface area contributed by atoms with Gasteiger partial charge in [-0.15, -0.1) is 0 Å². The number of rotatable bonds is 0. The van der Waals surface area contributed by atoms with Crippen LogP contribution < -0.4 is 5.32 Å². The van der Waals surface area contributed by atoms with E-state index in [1.54, 1.807) is 0 Å². The summed E-state index contributed by atoms with van der Waals surface area (Å²) in [4.78, 5) is 0. The fourth-order valence-corrected chi connectivity index (χ4v) is 1.23. The monoisotopic (exact) mass is 131 g/mol. The molecule has 0 saturated carbocycles. The molecule has 0 radical (unpaired) electrons. The fraction of sp³-hybridized carbons (Fsp3) is 1.00. The molecule has 1 saturated heterocycles. The van der Waals surface area contributed by atoms with Gasteiger partial charge in [-0.2, -0.15) is 12.6 Å². The summed E-state index contributed by atoms with van der Waals surface area (Å²) in [5.74, 6) is 0.757. The molecule has 0 amide bonds. The zero-order valence-electron chi connectivity index (χ0n) is 5.22. The van der Waals surface area contributed by atoms with E-state index in [-0.39, 0.29) is 0 Å². The van der Waals surface area contributed by atoms with Crippen LogP contribution in [-0.4, -0.2) is 18.3 Å². The number of nitrogens with one attached hydrogen (secondary N) is 1. The van der Waals surface area contributed by atoms with Gasteiger partial charge in [-0.25, -0.2) is 0 Å². The van der Waals surface area contributed by atoms with Gasteiger partial charge in [0, 0.05) is 5.25 Å². The topological polar surface area (TPSA) is 12.0 Å². The Hall–Kier alpha value is 0.310. The maximum Gasteiger partial charge on any atom is 0.00666 e. The van der Waals surface area contributed by atoms with Crippen LogP contribution in [-0.2, 0) is 0 Å². The molecule has 1 rings (SSSR count). The molecule has 2 atom stereocenters. The Morgan fingerprint density at radius 2 is 2.38 bits per heavy atom. The molecule has 1 fully saturated rings. The van der Waals surface area contributed by atoms with Gasteiger partial charge in [0.15, 0.2) is 0 Å². The van der Waals surface area contributed by atoms with E-state index in [1.807, 2.05) is 0 Å². The molecule has 0 aromatic rings. The zero-order chi connectivity index (χ0) is 5.98. The van der Waals surface area contributed by atoms with Crippen molar-refractivity contribution in [2.75, 3.05) is 13.1 Å². The summed E-state index contributed by atoms with van der Waals surface area (Å²) in [5, 5.41) is 3.95. The summed E-state index contributed by atoms with van der Waals surface area (Å²) in [7, 11) is 0. The summed E-state index contributed by atoms with van der Waals surface area (Å²) < 4.78 is 0. The molecule has 1 aliphatic rings. The Morgan fingerprint density at radius 1 is 1.62 bits per heavy atom. The quantitative estimate of drug-likeness (QED) is 0.466. The molecule has 0 unspecified atom stereocenters. The van der Waals surface area contributed by atoms with Gasteiger partial charge >= 0.3 is 0 Å². The first-order chi connectivity index (χ1) is 3.80. The Bertz CT molecular complexity index is 64.9. The van der Waals surface area contributed by atoms with E-state index in [4.69, 9.17) is 0 Å². The SMILES string of the molecule is C[C@@H]1CNCC[C@H]1S. The lowest BCUT2D eigenvalue weighted by molar-refractivity contribution is 0.419. The van der Waals surface area contributed by atoms with Gasteiger partial charge in [0.2, 0.25) is 0 Å². The van der Waals surface area contributed by atoms with Crippen LogP contribution in [0.2, 0.25) is 0 Å². The van der Waals surface area contributed by atoms with Crippen LogP contribution in [0.3, 0.4) is 0 Å². The molecule has 1 aliphatic heterocycles. The van der Waals surface area contributed by atoms with Crippen molar-refractivity contribution in [1.82, 2.24) is 5.32 Å². The molecule has 1 N–H and O–H groups in total. The van der Waals surface area contributed by atoms with Crippen LogP contribution in [0.4, 0.5) is 0 Å². The van der Waals surface area contributed by atoms with Crippen LogP contribution in [0.15, 0.2) is 0 Å². The second kappa shape index (κ2) is 2.74. The first-order valence-corrected chi connectivity index (χ1v) is 3.71. The van der Waals surface area contributed by atoms with Crippen molar-refractivity contribution < 1.29 is 0 Å². The van der Waals surface area contributed by atoms with Gasteiger partial charge in [-0.05, 0) is 25.4 Å². The van der Waals surface area contributed by atoms with Gasteiger partial charge < -0.3 is 5.32 Å². The van der Waals surface area contributed by atoms with E-state index in [0.29, 0.717) is 5.25 Å². The van der Waals surface area contributed by atoms with Crippen LogP contribution >= 0.6 is 12.6 Å². The van der Waals surface area contributed by atoms with Gasteiger partial charge in [-0.3, -0.25) is 0 Å². The van der Waals surface area contributed by atoms with Crippen LogP contribution in [0.25, 0.3) is 0 Å². The van der Waals surface area contributed by atoms with Gasteiger partial charge in [-0.1, -0.05) is 6.92 Å². The molecule has 8 heavy (non-hydrogen) atoms. The van der Waals surface area contributed by atoms with Crippen LogP contribution in [0, 0.1) is 5.92 Å². The molecule has 1 heterocycles. The third-order valence-corrected chi connectivity index (χ3v) is 2.51. The molecular formula is C6H13NS. The number of hydrogen-bond donors (Lipinski definition) is 2. The summed E-state index contributed by atoms with van der Waals surface area (Å²) in [5.41, 5.74) is 0. The molecule has 0 spiro atoms. The Morgan fingerprint density at radius 3 is 2.75 bits per heavy atom. The Labute approximate surface area is 56.3 Å². The minimum atomic E-state index is 0.635. The van der Waals surface area contributed by atoms with Gasteiger partial charge in [0.05, 0.1) is 0 Å². The average Bonchev–Trinajstić information content (AvgIpc) is 1.77.